The average Bonchev–Trinajstić information content (AvgIpc) is 3.55. The Bertz CT molecular complexity index is 1670. The molecule has 1 aromatic heterocycles. The molecular weight excluding hydrogens is 532 g/mol. The minimum absolute atomic E-state index is 0.0747. The lowest BCUT2D eigenvalue weighted by Crippen LogP contribution is -2.41. The minimum atomic E-state index is -1.08. The van der Waals surface area contributed by atoms with Crippen molar-refractivity contribution in [3.63, 3.8) is 0 Å². The number of methoxy groups -OCH3 is 1. The Morgan fingerprint density at radius 3 is 2.31 bits per heavy atom. The van der Waals surface area contributed by atoms with Crippen LogP contribution in [0.5, 0.6) is 11.5 Å². The molecule has 0 aliphatic rings. The van der Waals surface area contributed by atoms with Crippen molar-refractivity contribution in [2.45, 2.75) is 26.4 Å². The summed E-state index contributed by atoms with van der Waals surface area (Å²) in [4.78, 5) is 30.1. The Labute approximate surface area is 243 Å². The second-order valence-corrected chi connectivity index (χ2v) is 9.81. The lowest BCUT2D eigenvalue weighted by atomic mass is 10.00. The fourth-order valence-corrected chi connectivity index (χ4v) is 4.80. The van der Waals surface area contributed by atoms with Gasteiger partial charge < -0.3 is 20.1 Å². The van der Waals surface area contributed by atoms with Crippen LogP contribution in [0.25, 0.3) is 5.69 Å². The van der Waals surface area contributed by atoms with Crippen LogP contribution in [0.4, 0.5) is 5.69 Å². The van der Waals surface area contributed by atoms with E-state index in [4.69, 9.17) is 4.74 Å². The third-order valence-corrected chi connectivity index (χ3v) is 6.99. The SMILES string of the molecule is COc1cc(C(C(=O)Nc2c(C)cccc2C)N(Cc2ccccc2)C(=O)c2ccc(-n3cnnn3)cc2)ccc1O. The second kappa shape index (κ2) is 12.3. The number of hydrogen-bond donors (Lipinski definition) is 2. The standard InChI is InChI=1S/C32H30N6O4/c1-21-8-7-9-22(2)29(21)34-31(40)30(25-14-17-27(39)28(18-25)42-3)37(19-23-10-5-4-6-11-23)32(41)24-12-15-26(16-13-24)38-20-33-35-36-38/h4-18,20,30,39H,19H2,1-3H3,(H,34,40). The van der Waals surface area contributed by atoms with Crippen molar-refractivity contribution < 1.29 is 19.4 Å². The first-order chi connectivity index (χ1) is 20.4. The van der Waals surface area contributed by atoms with Crippen molar-refractivity contribution in [3.8, 4) is 17.2 Å². The van der Waals surface area contributed by atoms with Gasteiger partial charge in [0.2, 0.25) is 0 Å². The number of hydrogen-bond acceptors (Lipinski definition) is 7. The zero-order valence-electron chi connectivity index (χ0n) is 23.4. The van der Waals surface area contributed by atoms with Crippen LogP contribution in [0.3, 0.4) is 0 Å². The molecular formula is C32H30N6O4. The summed E-state index contributed by atoms with van der Waals surface area (Å²) in [5.74, 6) is -0.657. The molecule has 1 atom stereocenters. The molecule has 0 saturated heterocycles. The van der Waals surface area contributed by atoms with Crippen molar-refractivity contribution in [2.24, 2.45) is 0 Å². The number of tetrazole rings is 1. The topological polar surface area (TPSA) is 122 Å². The van der Waals surface area contributed by atoms with Gasteiger partial charge >= 0.3 is 0 Å². The fourth-order valence-electron chi connectivity index (χ4n) is 4.80. The molecule has 2 N–H and O–H groups in total. The van der Waals surface area contributed by atoms with Crippen molar-refractivity contribution in [2.75, 3.05) is 12.4 Å². The van der Waals surface area contributed by atoms with Crippen molar-refractivity contribution in [1.29, 1.82) is 0 Å². The van der Waals surface area contributed by atoms with Gasteiger partial charge in [-0.3, -0.25) is 9.59 Å². The Morgan fingerprint density at radius 2 is 1.67 bits per heavy atom. The van der Waals surface area contributed by atoms with Crippen LogP contribution < -0.4 is 10.1 Å². The molecule has 4 aromatic carbocycles. The molecule has 0 fully saturated rings. The number of anilines is 1. The molecule has 5 aromatic rings. The quantitative estimate of drug-likeness (QED) is 0.259. The maximum atomic E-state index is 14.3. The Balaban J connectivity index is 1.61. The van der Waals surface area contributed by atoms with E-state index in [1.807, 2.05) is 62.4 Å². The number of nitrogens with one attached hydrogen (secondary N) is 1. The van der Waals surface area contributed by atoms with E-state index in [0.29, 0.717) is 22.5 Å². The highest BCUT2D eigenvalue weighted by Crippen LogP contribution is 2.34. The van der Waals surface area contributed by atoms with Gasteiger partial charge in [-0.05, 0) is 82.9 Å². The minimum Gasteiger partial charge on any atom is -0.504 e. The van der Waals surface area contributed by atoms with Crippen molar-refractivity contribution in [1.82, 2.24) is 25.1 Å². The summed E-state index contributed by atoms with van der Waals surface area (Å²) < 4.78 is 6.85. The maximum Gasteiger partial charge on any atom is 0.255 e. The summed E-state index contributed by atoms with van der Waals surface area (Å²) in [6, 6.07) is 25.6. The predicted octanol–water partition coefficient (Wildman–Crippen LogP) is 5.02. The highest BCUT2D eigenvalue weighted by atomic mass is 16.5. The summed E-state index contributed by atoms with van der Waals surface area (Å²) in [5.41, 5.74) is 4.83. The van der Waals surface area contributed by atoms with Crippen LogP contribution >= 0.6 is 0 Å². The molecule has 0 aliphatic carbocycles. The third-order valence-electron chi connectivity index (χ3n) is 6.99. The van der Waals surface area contributed by atoms with E-state index in [1.54, 1.807) is 36.4 Å². The number of phenols is 1. The zero-order chi connectivity index (χ0) is 29.6. The van der Waals surface area contributed by atoms with E-state index in [2.05, 4.69) is 20.8 Å². The number of benzene rings is 4. The Hall–Kier alpha value is -5.51. The molecule has 1 unspecified atom stereocenters. The molecule has 42 heavy (non-hydrogen) atoms. The van der Waals surface area contributed by atoms with Crippen LogP contribution in [0, 0.1) is 13.8 Å². The van der Waals surface area contributed by atoms with E-state index in [0.717, 1.165) is 16.7 Å². The highest BCUT2D eigenvalue weighted by molar-refractivity contribution is 6.02. The molecule has 10 nitrogen and oxygen atoms in total. The molecule has 0 spiro atoms. The summed E-state index contributed by atoms with van der Waals surface area (Å²) >= 11 is 0. The summed E-state index contributed by atoms with van der Waals surface area (Å²) in [6.07, 6.45) is 1.46. The fraction of sp³-hybridized carbons (Fsp3) is 0.156. The lowest BCUT2D eigenvalue weighted by molar-refractivity contribution is -0.121. The molecule has 10 heteroatoms. The van der Waals surface area contributed by atoms with Crippen molar-refractivity contribution >= 4 is 17.5 Å². The Morgan fingerprint density at radius 1 is 0.952 bits per heavy atom. The van der Waals surface area contributed by atoms with E-state index in [1.165, 1.54) is 29.1 Å². The first-order valence-corrected chi connectivity index (χ1v) is 13.3. The van der Waals surface area contributed by atoms with E-state index >= 15 is 0 Å². The van der Waals surface area contributed by atoms with Gasteiger partial charge in [0.1, 0.15) is 12.4 Å². The molecule has 0 radical (unpaired) electrons. The molecule has 0 saturated carbocycles. The molecule has 0 aliphatic heterocycles. The smallest absolute Gasteiger partial charge is 0.255 e. The zero-order valence-corrected chi connectivity index (χ0v) is 23.4. The van der Waals surface area contributed by atoms with Crippen LogP contribution in [0.1, 0.15) is 38.7 Å². The van der Waals surface area contributed by atoms with E-state index in [9.17, 15) is 14.7 Å². The van der Waals surface area contributed by atoms with Crippen molar-refractivity contribution in [3.05, 3.63) is 125 Å². The molecule has 5 rings (SSSR count). The van der Waals surface area contributed by atoms with Gasteiger partial charge in [0.05, 0.1) is 12.8 Å². The average molecular weight is 563 g/mol. The van der Waals surface area contributed by atoms with E-state index in [-0.39, 0.29) is 24.0 Å². The third kappa shape index (κ3) is 5.97. The largest absolute Gasteiger partial charge is 0.504 e. The summed E-state index contributed by atoms with van der Waals surface area (Å²) in [5, 5.41) is 24.6. The number of phenolic OH excluding ortho intramolecular Hbond substituents is 1. The van der Waals surface area contributed by atoms with Crippen LogP contribution in [-0.4, -0.2) is 49.1 Å². The Kier molecular flexibility index (Phi) is 8.24. The number of aryl methyl sites for hydroxylation is 2. The van der Waals surface area contributed by atoms with Crippen LogP contribution in [-0.2, 0) is 11.3 Å². The van der Waals surface area contributed by atoms with Gasteiger partial charge in [-0.1, -0.05) is 54.6 Å². The lowest BCUT2D eigenvalue weighted by Gasteiger charge is -2.32. The number of rotatable bonds is 9. The van der Waals surface area contributed by atoms with Gasteiger partial charge in [-0.15, -0.1) is 5.10 Å². The first kappa shape index (κ1) is 28.0. The number of amides is 2. The molecule has 0 bridgehead atoms. The monoisotopic (exact) mass is 562 g/mol. The number of aromatic hydroxyl groups is 1. The molecule has 212 valence electrons. The number of nitrogens with zero attached hydrogens (tertiary/aromatic N) is 5. The number of aromatic nitrogens is 4. The van der Waals surface area contributed by atoms with E-state index < -0.39 is 11.9 Å². The number of carbonyl (C=O) groups excluding carboxylic acids is 2. The van der Waals surface area contributed by atoms with Gasteiger partial charge in [0.25, 0.3) is 11.8 Å². The maximum absolute atomic E-state index is 14.3. The van der Waals surface area contributed by atoms with Gasteiger partial charge in [0, 0.05) is 17.8 Å². The number of ether oxygens (including phenoxy) is 1. The number of para-hydroxylation sites is 1. The summed E-state index contributed by atoms with van der Waals surface area (Å²) in [7, 11) is 1.43. The first-order valence-electron chi connectivity index (χ1n) is 13.3. The predicted molar refractivity (Wildman–Crippen MR) is 157 cm³/mol. The van der Waals surface area contributed by atoms with Gasteiger partial charge in [-0.25, -0.2) is 4.68 Å². The second-order valence-electron chi connectivity index (χ2n) is 9.81. The summed E-state index contributed by atoms with van der Waals surface area (Å²) in [6.45, 7) is 3.98. The molecule has 2 amide bonds. The highest BCUT2D eigenvalue weighted by Gasteiger charge is 2.33. The molecule has 1 heterocycles. The van der Waals surface area contributed by atoms with Crippen LogP contribution in [0.2, 0.25) is 0 Å². The van der Waals surface area contributed by atoms with Gasteiger partial charge in [-0.2, -0.15) is 0 Å². The number of carbonyl (C=O) groups is 2. The van der Waals surface area contributed by atoms with Gasteiger partial charge in [0.15, 0.2) is 11.5 Å². The normalized spacial score (nSPS) is 11.5. The van der Waals surface area contributed by atoms with Crippen LogP contribution in [0.15, 0.2) is 97.3 Å².